The molecule has 2 N–H and O–H groups in total. The summed E-state index contributed by atoms with van der Waals surface area (Å²) in [6, 6.07) is 0. The van der Waals surface area contributed by atoms with E-state index in [9.17, 15) is 0 Å². The summed E-state index contributed by atoms with van der Waals surface area (Å²) < 4.78 is 0. The van der Waals surface area contributed by atoms with Crippen molar-refractivity contribution in [1.82, 2.24) is 15.0 Å². The van der Waals surface area contributed by atoms with Crippen LogP contribution in [0.2, 0.25) is 0 Å². The number of hydrogen-bond acceptors (Lipinski definition) is 5. The van der Waals surface area contributed by atoms with Gasteiger partial charge in [0, 0.05) is 24.4 Å². The molecule has 0 saturated heterocycles. The molecule has 0 unspecified atom stereocenters. The maximum Gasteiger partial charge on any atom is 0.189 e. The van der Waals surface area contributed by atoms with E-state index in [1.807, 2.05) is 0 Å². The Labute approximate surface area is 98.9 Å². The summed E-state index contributed by atoms with van der Waals surface area (Å²) in [6.45, 7) is 4.94. The average molecular weight is 236 g/mol. The van der Waals surface area contributed by atoms with Gasteiger partial charge < -0.3 is 5.73 Å². The van der Waals surface area contributed by atoms with E-state index in [-0.39, 0.29) is 5.41 Å². The molecule has 0 amide bonds. The number of aromatic nitrogens is 3. The fourth-order valence-electron chi connectivity index (χ4n) is 1.83. The van der Waals surface area contributed by atoms with E-state index in [1.165, 1.54) is 0 Å². The van der Waals surface area contributed by atoms with E-state index in [0.717, 1.165) is 28.3 Å². The summed E-state index contributed by atoms with van der Waals surface area (Å²) in [7, 11) is 0. The summed E-state index contributed by atoms with van der Waals surface area (Å²) in [5.74, 6) is 0. The van der Waals surface area contributed by atoms with Crippen LogP contribution >= 0.6 is 11.3 Å². The monoisotopic (exact) mass is 236 g/mol. The van der Waals surface area contributed by atoms with Gasteiger partial charge in [0.2, 0.25) is 0 Å². The summed E-state index contributed by atoms with van der Waals surface area (Å²) in [4.78, 5) is 13.9. The van der Waals surface area contributed by atoms with E-state index < -0.39 is 0 Å². The number of hydrogen-bond donors (Lipinski definition) is 1. The van der Waals surface area contributed by atoms with Crippen molar-refractivity contribution in [2.24, 2.45) is 5.73 Å². The maximum absolute atomic E-state index is 5.91. The second kappa shape index (κ2) is 4.43. The van der Waals surface area contributed by atoms with Crippen LogP contribution < -0.4 is 5.73 Å². The van der Waals surface area contributed by atoms with Gasteiger partial charge in [0.15, 0.2) is 10.5 Å². The standard InChI is InChI=1S/C11H16N4S/c1-3-11(4-2,7-12)10-15-8-9(16-10)14-6-5-13-8/h5-6H,3-4,7,12H2,1-2H3. The molecule has 0 aliphatic heterocycles. The molecule has 0 aliphatic rings. The van der Waals surface area contributed by atoms with Crippen molar-refractivity contribution in [2.75, 3.05) is 6.54 Å². The highest BCUT2D eigenvalue weighted by Gasteiger charge is 2.30. The van der Waals surface area contributed by atoms with Crippen LogP contribution in [-0.2, 0) is 5.41 Å². The van der Waals surface area contributed by atoms with Gasteiger partial charge in [-0.25, -0.2) is 15.0 Å². The van der Waals surface area contributed by atoms with Crippen LogP contribution in [0.15, 0.2) is 12.4 Å². The lowest BCUT2D eigenvalue weighted by Gasteiger charge is -2.27. The molecule has 0 bridgehead atoms. The molecule has 0 saturated carbocycles. The first kappa shape index (κ1) is 11.4. The molecule has 16 heavy (non-hydrogen) atoms. The Bertz CT molecular complexity index is 434. The zero-order valence-corrected chi connectivity index (χ0v) is 10.4. The third-order valence-corrected chi connectivity index (χ3v) is 4.44. The fraction of sp³-hybridized carbons (Fsp3) is 0.545. The average Bonchev–Trinajstić information content (AvgIpc) is 2.76. The predicted molar refractivity (Wildman–Crippen MR) is 66.5 cm³/mol. The minimum absolute atomic E-state index is 0.00690. The van der Waals surface area contributed by atoms with Crippen LogP contribution in [0.4, 0.5) is 0 Å². The van der Waals surface area contributed by atoms with E-state index in [1.54, 1.807) is 23.7 Å². The Morgan fingerprint density at radius 1 is 1.25 bits per heavy atom. The summed E-state index contributed by atoms with van der Waals surface area (Å²) in [5.41, 5.74) is 6.64. The zero-order chi connectivity index (χ0) is 11.6. The largest absolute Gasteiger partial charge is 0.329 e. The third kappa shape index (κ3) is 1.70. The van der Waals surface area contributed by atoms with Gasteiger partial charge in [0.25, 0.3) is 0 Å². The van der Waals surface area contributed by atoms with Crippen molar-refractivity contribution in [3.8, 4) is 0 Å². The Morgan fingerprint density at radius 2 is 1.94 bits per heavy atom. The lowest BCUT2D eigenvalue weighted by atomic mass is 9.83. The molecule has 4 nitrogen and oxygen atoms in total. The predicted octanol–water partition coefficient (Wildman–Crippen LogP) is 2.10. The first-order valence-electron chi connectivity index (χ1n) is 5.54. The van der Waals surface area contributed by atoms with E-state index >= 15 is 0 Å². The van der Waals surface area contributed by atoms with Crippen molar-refractivity contribution in [3.63, 3.8) is 0 Å². The topological polar surface area (TPSA) is 64.7 Å². The fourth-order valence-corrected chi connectivity index (χ4v) is 3.04. The number of thiazole rings is 1. The van der Waals surface area contributed by atoms with Gasteiger partial charge in [-0.3, -0.25) is 0 Å². The quantitative estimate of drug-likeness (QED) is 0.883. The molecule has 0 radical (unpaired) electrons. The molecule has 0 aliphatic carbocycles. The first-order valence-corrected chi connectivity index (χ1v) is 6.35. The van der Waals surface area contributed by atoms with Gasteiger partial charge in [-0.05, 0) is 12.8 Å². The highest BCUT2D eigenvalue weighted by atomic mass is 32.1. The molecule has 2 heterocycles. The van der Waals surface area contributed by atoms with Crippen LogP contribution in [-0.4, -0.2) is 21.5 Å². The maximum atomic E-state index is 5.91. The van der Waals surface area contributed by atoms with Gasteiger partial charge >= 0.3 is 0 Å². The van der Waals surface area contributed by atoms with Crippen LogP contribution in [0.5, 0.6) is 0 Å². The Kier molecular flexibility index (Phi) is 3.16. The highest BCUT2D eigenvalue weighted by Crippen LogP contribution is 2.34. The van der Waals surface area contributed by atoms with Gasteiger partial charge in [-0.15, -0.1) is 0 Å². The van der Waals surface area contributed by atoms with Crippen LogP contribution in [0.3, 0.4) is 0 Å². The van der Waals surface area contributed by atoms with E-state index in [0.29, 0.717) is 6.54 Å². The number of nitrogens with zero attached hydrogens (tertiary/aromatic N) is 3. The molecule has 2 aromatic heterocycles. The molecule has 2 aromatic rings. The third-order valence-electron chi connectivity index (χ3n) is 3.25. The molecule has 5 heteroatoms. The molecule has 0 spiro atoms. The van der Waals surface area contributed by atoms with Crippen LogP contribution in [0, 0.1) is 0 Å². The smallest absolute Gasteiger partial charge is 0.189 e. The van der Waals surface area contributed by atoms with Crippen LogP contribution in [0.25, 0.3) is 10.5 Å². The zero-order valence-electron chi connectivity index (χ0n) is 9.60. The second-order valence-electron chi connectivity index (χ2n) is 3.90. The van der Waals surface area contributed by atoms with Gasteiger partial charge in [0.1, 0.15) is 5.01 Å². The summed E-state index contributed by atoms with van der Waals surface area (Å²) in [5, 5.41) is 1.07. The lowest BCUT2D eigenvalue weighted by Crippen LogP contribution is -2.33. The molecular formula is C11H16N4S. The van der Waals surface area contributed by atoms with Crippen molar-refractivity contribution >= 4 is 21.8 Å². The summed E-state index contributed by atoms with van der Waals surface area (Å²) in [6.07, 6.45) is 5.37. The molecule has 0 fully saturated rings. The van der Waals surface area contributed by atoms with Gasteiger partial charge in [-0.1, -0.05) is 25.2 Å². The summed E-state index contributed by atoms with van der Waals surface area (Å²) >= 11 is 1.61. The first-order chi connectivity index (χ1) is 7.75. The normalized spacial score (nSPS) is 12.2. The number of nitrogens with two attached hydrogens (primary N) is 1. The Balaban J connectivity index is 2.53. The minimum atomic E-state index is -0.00690. The number of rotatable bonds is 4. The minimum Gasteiger partial charge on any atom is -0.329 e. The molecule has 2 rings (SSSR count). The van der Waals surface area contributed by atoms with E-state index in [4.69, 9.17) is 5.73 Å². The Morgan fingerprint density at radius 3 is 2.50 bits per heavy atom. The van der Waals surface area contributed by atoms with Crippen molar-refractivity contribution < 1.29 is 0 Å². The lowest BCUT2D eigenvalue weighted by molar-refractivity contribution is 0.405. The molecule has 0 aromatic carbocycles. The van der Waals surface area contributed by atoms with Gasteiger partial charge in [0.05, 0.1) is 0 Å². The highest BCUT2D eigenvalue weighted by molar-refractivity contribution is 7.18. The SMILES string of the molecule is CCC(CC)(CN)c1nc2nccnc2s1. The Hall–Kier alpha value is -1.07. The van der Waals surface area contributed by atoms with Crippen molar-refractivity contribution in [3.05, 3.63) is 17.4 Å². The molecular weight excluding hydrogens is 220 g/mol. The van der Waals surface area contributed by atoms with Crippen LogP contribution in [0.1, 0.15) is 31.7 Å². The second-order valence-corrected chi connectivity index (χ2v) is 4.87. The van der Waals surface area contributed by atoms with Gasteiger partial charge in [-0.2, -0.15) is 0 Å². The van der Waals surface area contributed by atoms with Crippen molar-refractivity contribution in [2.45, 2.75) is 32.1 Å². The van der Waals surface area contributed by atoms with E-state index in [2.05, 4.69) is 28.8 Å². The number of fused-ring (bicyclic) bond motifs is 1. The molecule has 86 valence electrons. The van der Waals surface area contributed by atoms with Crippen molar-refractivity contribution in [1.29, 1.82) is 0 Å². The molecule has 0 atom stereocenters.